The van der Waals surface area contributed by atoms with Crippen molar-refractivity contribution in [1.29, 1.82) is 0 Å². The zero-order valence-electron chi connectivity index (χ0n) is 9.48. The molecule has 0 aliphatic heterocycles. The first-order valence-electron chi connectivity index (χ1n) is 5.21. The molecule has 0 saturated heterocycles. The highest BCUT2D eigenvalue weighted by Crippen LogP contribution is 2.31. The van der Waals surface area contributed by atoms with E-state index in [1.807, 2.05) is 26.1 Å². The fourth-order valence-corrected chi connectivity index (χ4v) is 2.03. The number of halogens is 2. The molecule has 1 nitrogen and oxygen atoms in total. The Labute approximate surface area is 107 Å². The van der Waals surface area contributed by atoms with Crippen LogP contribution in [-0.2, 0) is 0 Å². The van der Waals surface area contributed by atoms with Crippen LogP contribution in [0.4, 0.5) is 0 Å². The molecule has 1 rings (SSSR count). The minimum Gasteiger partial charge on any atom is -0.313 e. The number of hydrogen-bond acceptors (Lipinski definition) is 1. The summed E-state index contributed by atoms with van der Waals surface area (Å²) in [5.41, 5.74) is 1.04. The first kappa shape index (κ1) is 13.4. The van der Waals surface area contributed by atoms with Crippen LogP contribution in [0.15, 0.2) is 18.2 Å². The van der Waals surface area contributed by atoms with Crippen molar-refractivity contribution >= 4 is 23.2 Å². The molecule has 0 aromatic heterocycles. The van der Waals surface area contributed by atoms with Crippen LogP contribution >= 0.6 is 23.2 Å². The minimum absolute atomic E-state index is 0.201. The van der Waals surface area contributed by atoms with E-state index in [1.54, 1.807) is 6.07 Å². The van der Waals surface area contributed by atoms with Gasteiger partial charge in [-0.05, 0) is 32.0 Å². The van der Waals surface area contributed by atoms with Crippen LogP contribution in [0.2, 0.25) is 10.0 Å². The summed E-state index contributed by atoms with van der Waals surface area (Å²) in [5, 5.41) is 4.46. The molecule has 16 heavy (non-hydrogen) atoms. The van der Waals surface area contributed by atoms with Crippen molar-refractivity contribution in [3.63, 3.8) is 0 Å². The van der Waals surface area contributed by atoms with Crippen molar-refractivity contribution in [3.05, 3.63) is 33.8 Å². The standard InChI is InChI=1S/C13H15Cl2N/c1-3-4-5-9-12(16-2)10-7-6-8-11(14)13(10)15/h6-8,12,16H,5,9H2,1-2H3. The van der Waals surface area contributed by atoms with Gasteiger partial charge in [-0.15, -0.1) is 11.8 Å². The summed E-state index contributed by atoms with van der Waals surface area (Å²) in [7, 11) is 1.92. The predicted octanol–water partition coefficient (Wildman–Crippen LogP) is 4.06. The fraction of sp³-hybridized carbons (Fsp3) is 0.385. The van der Waals surface area contributed by atoms with Crippen molar-refractivity contribution in [2.45, 2.75) is 25.8 Å². The highest BCUT2D eigenvalue weighted by atomic mass is 35.5. The van der Waals surface area contributed by atoms with Gasteiger partial charge in [0, 0.05) is 12.5 Å². The second-order valence-electron chi connectivity index (χ2n) is 3.45. The number of nitrogens with one attached hydrogen (secondary N) is 1. The number of benzene rings is 1. The van der Waals surface area contributed by atoms with Crippen LogP contribution in [0.1, 0.15) is 31.4 Å². The van der Waals surface area contributed by atoms with E-state index < -0.39 is 0 Å². The van der Waals surface area contributed by atoms with Crippen molar-refractivity contribution < 1.29 is 0 Å². The highest BCUT2D eigenvalue weighted by Gasteiger charge is 2.13. The molecule has 0 aliphatic rings. The van der Waals surface area contributed by atoms with Gasteiger partial charge in [-0.1, -0.05) is 35.3 Å². The maximum absolute atomic E-state index is 6.17. The second kappa shape index (κ2) is 6.81. The zero-order valence-corrected chi connectivity index (χ0v) is 11.0. The molecule has 0 spiro atoms. The van der Waals surface area contributed by atoms with Crippen molar-refractivity contribution in [2.24, 2.45) is 0 Å². The maximum Gasteiger partial charge on any atom is 0.0640 e. The smallest absolute Gasteiger partial charge is 0.0640 e. The van der Waals surface area contributed by atoms with Gasteiger partial charge in [-0.25, -0.2) is 0 Å². The van der Waals surface area contributed by atoms with Crippen LogP contribution in [-0.4, -0.2) is 7.05 Å². The summed E-state index contributed by atoms with van der Waals surface area (Å²) < 4.78 is 0. The Bertz CT molecular complexity index is 404. The van der Waals surface area contributed by atoms with Gasteiger partial charge in [0.05, 0.1) is 10.0 Å². The Morgan fingerprint density at radius 3 is 2.75 bits per heavy atom. The van der Waals surface area contributed by atoms with Crippen molar-refractivity contribution in [1.82, 2.24) is 5.32 Å². The third kappa shape index (κ3) is 3.42. The van der Waals surface area contributed by atoms with Crippen LogP contribution in [0.3, 0.4) is 0 Å². The van der Waals surface area contributed by atoms with E-state index in [0.717, 1.165) is 18.4 Å². The van der Waals surface area contributed by atoms with Crippen LogP contribution in [0, 0.1) is 11.8 Å². The molecule has 1 aromatic carbocycles. The summed E-state index contributed by atoms with van der Waals surface area (Å²) in [5.74, 6) is 5.94. The van der Waals surface area contributed by atoms with Crippen LogP contribution < -0.4 is 5.32 Å². The minimum atomic E-state index is 0.201. The molecule has 0 amide bonds. The number of rotatable bonds is 4. The Balaban J connectivity index is 2.85. The van der Waals surface area contributed by atoms with Gasteiger partial charge in [0.2, 0.25) is 0 Å². The molecule has 0 heterocycles. The van der Waals surface area contributed by atoms with E-state index in [9.17, 15) is 0 Å². The van der Waals surface area contributed by atoms with E-state index in [2.05, 4.69) is 17.2 Å². The normalized spacial score (nSPS) is 11.8. The summed E-state index contributed by atoms with van der Waals surface area (Å²) in [4.78, 5) is 0. The lowest BCUT2D eigenvalue weighted by Gasteiger charge is -2.17. The molecule has 0 bridgehead atoms. The molecule has 1 atom stereocenters. The van der Waals surface area contributed by atoms with Crippen molar-refractivity contribution in [2.75, 3.05) is 7.05 Å². The lowest BCUT2D eigenvalue weighted by molar-refractivity contribution is 0.558. The van der Waals surface area contributed by atoms with Gasteiger partial charge in [0.1, 0.15) is 0 Å². The van der Waals surface area contributed by atoms with Crippen molar-refractivity contribution in [3.8, 4) is 11.8 Å². The van der Waals surface area contributed by atoms with E-state index in [4.69, 9.17) is 23.2 Å². The Kier molecular flexibility index (Phi) is 5.69. The van der Waals surface area contributed by atoms with E-state index in [1.165, 1.54) is 0 Å². The molecule has 0 fully saturated rings. The molecule has 3 heteroatoms. The van der Waals surface area contributed by atoms with E-state index in [-0.39, 0.29) is 6.04 Å². The molecular formula is C13H15Cl2N. The zero-order chi connectivity index (χ0) is 12.0. The van der Waals surface area contributed by atoms with Crippen LogP contribution in [0.25, 0.3) is 0 Å². The Hall–Kier alpha value is -0.680. The van der Waals surface area contributed by atoms with Gasteiger partial charge >= 0.3 is 0 Å². The summed E-state index contributed by atoms with van der Waals surface area (Å²) >= 11 is 12.2. The molecule has 0 saturated carbocycles. The Morgan fingerprint density at radius 2 is 2.12 bits per heavy atom. The van der Waals surface area contributed by atoms with Gasteiger partial charge in [-0.2, -0.15) is 0 Å². The van der Waals surface area contributed by atoms with Gasteiger partial charge < -0.3 is 5.32 Å². The SMILES string of the molecule is CC#CCCC(NC)c1cccc(Cl)c1Cl. The fourth-order valence-electron chi connectivity index (χ4n) is 1.59. The molecule has 1 unspecified atom stereocenters. The summed E-state index contributed by atoms with van der Waals surface area (Å²) in [6.07, 6.45) is 1.78. The second-order valence-corrected chi connectivity index (χ2v) is 4.23. The molecule has 1 N–H and O–H groups in total. The van der Waals surface area contributed by atoms with E-state index >= 15 is 0 Å². The predicted molar refractivity (Wildman–Crippen MR) is 70.9 cm³/mol. The average Bonchev–Trinajstić information content (AvgIpc) is 2.29. The molecule has 1 aromatic rings. The third-order valence-corrected chi connectivity index (χ3v) is 3.27. The Morgan fingerprint density at radius 1 is 1.38 bits per heavy atom. The third-order valence-electron chi connectivity index (χ3n) is 2.44. The first-order chi connectivity index (χ1) is 7.70. The lowest BCUT2D eigenvalue weighted by atomic mass is 10.0. The quantitative estimate of drug-likeness (QED) is 0.801. The molecule has 0 radical (unpaired) electrons. The monoisotopic (exact) mass is 255 g/mol. The van der Waals surface area contributed by atoms with Gasteiger partial charge in [-0.3, -0.25) is 0 Å². The van der Waals surface area contributed by atoms with Gasteiger partial charge in [0.15, 0.2) is 0 Å². The first-order valence-corrected chi connectivity index (χ1v) is 5.97. The highest BCUT2D eigenvalue weighted by molar-refractivity contribution is 6.42. The number of hydrogen-bond donors (Lipinski definition) is 1. The largest absolute Gasteiger partial charge is 0.313 e. The van der Waals surface area contributed by atoms with E-state index in [0.29, 0.717) is 10.0 Å². The maximum atomic E-state index is 6.17. The molecule has 86 valence electrons. The topological polar surface area (TPSA) is 12.0 Å². The molecule has 0 aliphatic carbocycles. The summed E-state index contributed by atoms with van der Waals surface area (Å²) in [6.45, 7) is 1.85. The van der Waals surface area contributed by atoms with Crippen LogP contribution in [0.5, 0.6) is 0 Å². The van der Waals surface area contributed by atoms with Gasteiger partial charge in [0.25, 0.3) is 0 Å². The average molecular weight is 256 g/mol. The molecular weight excluding hydrogens is 241 g/mol. The summed E-state index contributed by atoms with van der Waals surface area (Å²) in [6, 6.07) is 5.91. The lowest BCUT2D eigenvalue weighted by Crippen LogP contribution is -2.16.